The van der Waals surface area contributed by atoms with Gasteiger partial charge in [-0.25, -0.2) is 0 Å². The molecule has 4 rings (SSSR count). The summed E-state index contributed by atoms with van der Waals surface area (Å²) in [7, 11) is 0. The van der Waals surface area contributed by atoms with Crippen LogP contribution in [-0.4, -0.2) is 215 Å². The molecule has 0 aromatic carbocycles. The molecule has 0 aliphatic carbocycles. The Kier molecular flexibility index (Phi) is 14.8. The predicted octanol–water partition coefficient (Wildman–Crippen LogP) is -9.04. The minimum Gasteiger partial charge on any atom is -0.544 e. The van der Waals surface area contributed by atoms with E-state index in [1.54, 1.807) is 0 Å². The number of aliphatic hydroxyl groups is 12. The topological polar surface area (TPSA) is 377 Å². The fourth-order valence-electron chi connectivity index (χ4n) is 6.93. The highest BCUT2D eigenvalue weighted by molar-refractivity contribution is 5.75. The number of carboxylic acid groups (broad SMARTS) is 1. The molecule has 0 saturated carbocycles. The zero-order chi connectivity index (χ0) is 40.6. The summed E-state index contributed by atoms with van der Waals surface area (Å²) in [6.07, 6.45) is -33.7. The molecule has 4 saturated heterocycles. The Morgan fingerprint density at radius 3 is 2.00 bits per heavy atom. The van der Waals surface area contributed by atoms with Crippen molar-refractivity contribution in [2.75, 3.05) is 19.8 Å². The minimum absolute atomic E-state index is 0.778. The molecule has 0 aromatic rings. The number of hydrogen-bond acceptors (Lipinski definition) is 22. The number of ether oxygens (including phenoxy) is 7. The molecule has 4 fully saturated rings. The smallest absolute Gasteiger partial charge is 0.217 e. The third-order valence-corrected chi connectivity index (χ3v) is 10.2. The zero-order valence-corrected chi connectivity index (χ0v) is 29.7. The van der Waals surface area contributed by atoms with E-state index < -0.39 is 166 Å². The molecule has 314 valence electrons. The van der Waals surface area contributed by atoms with Gasteiger partial charge in [-0.15, -0.1) is 0 Å². The molecule has 54 heavy (non-hydrogen) atoms. The minimum atomic E-state index is -3.18. The maximum absolute atomic E-state index is 12.7. The number of nitrogens with one attached hydrogen (secondary N) is 1. The molecule has 20 atom stereocenters. The Hall–Kier alpha value is -1.82. The number of amides is 1. The summed E-state index contributed by atoms with van der Waals surface area (Å²) in [5, 5.41) is 141. The zero-order valence-electron chi connectivity index (χ0n) is 29.7. The van der Waals surface area contributed by atoms with Gasteiger partial charge in [0.2, 0.25) is 11.7 Å². The fourth-order valence-corrected chi connectivity index (χ4v) is 6.93. The van der Waals surface area contributed by atoms with Crippen molar-refractivity contribution < 1.29 is 109 Å². The Bertz CT molecular complexity index is 1260. The van der Waals surface area contributed by atoms with E-state index in [4.69, 9.17) is 33.2 Å². The first kappa shape index (κ1) is 44.9. The number of aliphatic carboxylic acids is 1. The molecule has 0 spiro atoms. The normalized spacial score (nSPS) is 46.7. The Balaban J connectivity index is 1.68. The first-order chi connectivity index (χ1) is 25.1. The lowest BCUT2D eigenvalue weighted by atomic mass is 9.78. The highest BCUT2D eigenvalue weighted by Crippen LogP contribution is 2.43. The fraction of sp³-hybridized carbons (Fsp3) is 0.935. The number of aliphatic hydroxyl groups excluding tert-OH is 12. The van der Waals surface area contributed by atoms with Crippen LogP contribution >= 0.6 is 0 Å². The van der Waals surface area contributed by atoms with Gasteiger partial charge < -0.3 is 110 Å². The molecule has 0 bridgehead atoms. The lowest BCUT2D eigenvalue weighted by Crippen LogP contribution is -2.72. The molecule has 0 radical (unpaired) electrons. The van der Waals surface area contributed by atoms with E-state index in [9.17, 15) is 76.0 Å². The summed E-state index contributed by atoms with van der Waals surface area (Å²) in [5.41, 5.74) is -1.51. The van der Waals surface area contributed by atoms with Gasteiger partial charge in [0, 0.05) is 18.8 Å². The van der Waals surface area contributed by atoms with Crippen LogP contribution in [0.15, 0.2) is 0 Å². The average Bonchev–Trinajstić information content (AvgIpc) is 3.11. The second-order valence-electron chi connectivity index (χ2n) is 14.5. The van der Waals surface area contributed by atoms with Crippen LogP contribution in [0, 0.1) is 5.41 Å². The number of carbonyl (C=O) groups excluding carboxylic acids is 2. The van der Waals surface area contributed by atoms with Crippen molar-refractivity contribution in [3.05, 3.63) is 0 Å². The molecule has 4 heterocycles. The van der Waals surface area contributed by atoms with Crippen molar-refractivity contribution >= 4 is 11.9 Å². The van der Waals surface area contributed by atoms with Crippen LogP contribution < -0.4 is 10.4 Å². The summed E-state index contributed by atoms with van der Waals surface area (Å²) < 4.78 is 39.9. The van der Waals surface area contributed by atoms with E-state index >= 15 is 0 Å². The molecular formula is C31H52NO22-. The first-order valence-electron chi connectivity index (χ1n) is 17.2. The van der Waals surface area contributed by atoms with Crippen molar-refractivity contribution in [2.24, 2.45) is 5.41 Å². The monoisotopic (exact) mass is 790 g/mol. The maximum atomic E-state index is 12.7. The molecule has 4 aliphatic rings. The molecule has 1 amide bonds. The Morgan fingerprint density at radius 2 is 1.44 bits per heavy atom. The first-order valence-corrected chi connectivity index (χ1v) is 17.2. The van der Waals surface area contributed by atoms with E-state index in [2.05, 4.69) is 5.32 Å². The third kappa shape index (κ3) is 8.84. The summed E-state index contributed by atoms with van der Waals surface area (Å²) in [4.78, 5) is 24.6. The van der Waals surface area contributed by atoms with Crippen LogP contribution in [0.25, 0.3) is 0 Å². The predicted molar refractivity (Wildman–Crippen MR) is 166 cm³/mol. The summed E-state index contributed by atoms with van der Waals surface area (Å²) >= 11 is 0. The van der Waals surface area contributed by atoms with Crippen molar-refractivity contribution in [1.82, 2.24) is 5.32 Å². The molecule has 4 aliphatic heterocycles. The SMILES string of the molecule is CC(=O)NC1C(O)C[C@](OC2C(O)C(CO)O[C@@H](OC3C(CO)OC(O)C(C)(C)C3OC3OC(C)C(O)C(O)C3O)C2O)(C(=O)[O-])OC1C(O)C(O)CO. The third-order valence-electron chi connectivity index (χ3n) is 10.2. The van der Waals surface area contributed by atoms with Crippen molar-refractivity contribution in [2.45, 2.75) is 156 Å². The van der Waals surface area contributed by atoms with Crippen LogP contribution in [0.3, 0.4) is 0 Å². The molecule has 13 N–H and O–H groups in total. The highest BCUT2D eigenvalue weighted by atomic mass is 16.8. The maximum Gasteiger partial charge on any atom is 0.217 e. The van der Waals surface area contributed by atoms with Gasteiger partial charge in [-0.2, -0.15) is 0 Å². The van der Waals surface area contributed by atoms with E-state index in [0.29, 0.717) is 0 Å². The molecule has 23 heteroatoms. The van der Waals surface area contributed by atoms with Gasteiger partial charge in [0.25, 0.3) is 0 Å². The van der Waals surface area contributed by atoms with Gasteiger partial charge in [0.05, 0.1) is 44.2 Å². The van der Waals surface area contributed by atoms with Crippen molar-refractivity contribution in [3.8, 4) is 0 Å². The number of carbonyl (C=O) groups is 2. The molecular weight excluding hydrogens is 738 g/mol. The summed E-state index contributed by atoms with van der Waals surface area (Å²) in [6, 6.07) is -1.60. The van der Waals surface area contributed by atoms with Gasteiger partial charge >= 0.3 is 0 Å². The average molecular weight is 791 g/mol. The molecule has 23 nitrogen and oxygen atoms in total. The second kappa shape index (κ2) is 17.8. The Labute approximate surface area is 308 Å². The van der Waals surface area contributed by atoms with Crippen LogP contribution in [0.1, 0.15) is 34.1 Å². The second-order valence-corrected chi connectivity index (χ2v) is 14.5. The summed E-state index contributed by atoms with van der Waals surface area (Å²) in [6.45, 7) is 2.27. The van der Waals surface area contributed by atoms with E-state index in [1.807, 2.05) is 0 Å². The summed E-state index contributed by atoms with van der Waals surface area (Å²) in [5.74, 6) is -6.19. The van der Waals surface area contributed by atoms with Crippen LogP contribution in [0.5, 0.6) is 0 Å². The van der Waals surface area contributed by atoms with Crippen molar-refractivity contribution in [1.29, 1.82) is 0 Å². The lowest BCUT2D eigenvalue weighted by Gasteiger charge is -2.54. The Morgan fingerprint density at radius 1 is 0.833 bits per heavy atom. The van der Waals surface area contributed by atoms with Gasteiger partial charge in [-0.3, -0.25) is 4.79 Å². The van der Waals surface area contributed by atoms with Gasteiger partial charge in [0.15, 0.2) is 18.9 Å². The van der Waals surface area contributed by atoms with Gasteiger partial charge in [0.1, 0.15) is 79.2 Å². The van der Waals surface area contributed by atoms with Crippen LogP contribution in [0.2, 0.25) is 0 Å². The van der Waals surface area contributed by atoms with E-state index in [0.717, 1.165) is 6.92 Å². The van der Waals surface area contributed by atoms with Crippen molar-refractivity contribution in [3.63, 3.8) is 0 Å². The molecule has 18 unspecified atom stereocenters. The highest BCUT2D eigenvalue weighted by Gasteiger charge is 2.59. The van der Waals surface area contributed by atoms with Crippen LogP contribution in [-0.2, 0) is 42.7 Å². The number of rotatable bonds is 13. The quantitative estimate of drug-likeness (QED) is 0.0823. The lowest BCUT2D eigenvalue weighted by molar-refractivity contribution is -0.416. The van der Waals surface area contributed by atoms with E-state index in [-0.39, 0.29) is 0 Å². The van der Waals surface area contributed by atoms with E-state index in [1.165, 1.54) is 20.8 Å². The van der Waals surface area contributed by atoms with Gasteiger partial charge in [-0.05, 0) is 6.92 Å². The number of carboxylic acids is 1. The largest absolute Gasteiger partial charge is 0.544 e. The van der Waals surface area contributed by atoms with Crippen LogP contribution in [0.4, 0.5) is 0 Å². The standard InChI is InChI=1S/C31H53NO22/c1-9-16(39)19(42)20(43)26(48-9)52-25-22(14(8-35)50-29(47)30(25,3)4)51-27-21(44)24(18(41)13(7-34)49-27)54-31(28(45)46)5-11(37)15(32-10(2)36)23(53-31)17(40)12(38)6-33/h9,11-27,29,33-35,37-44,47H,5-8H2,1-4H3,(H,32,36)(H,45,46)/p-1/t9?,11?,12?,13?,14?,15?,16?,17?,18?,19?,20?,21?,22?,23?,24?,25?,26?,27-,29?,31-/m0/s1. The number of hydrogen-bond donors (Lipinski definition) is 13. The molecule has 0 aromatic heterocycles. The van der Waals surface area contributed by atoms with Gasteiger partial charge in [-0.1, -0.05) is 13.8 Å².